The zero-order valence-electron chi connectivity index (χ0n) is 11.4. The van der Waals surface area contributed by atoms with Crippen LogP contribution in [0.1, 0.15) is 33.6 Å². The van der Waals surface area contributed by atoms with Gasteiger partial charge in [0.15, 0.2) is 0 Å². The largest absolute Gasteiger partial charge is 0.444 e. The van der Waals surface area contributed by atoms with Crippen molar-refractivity contribution in [2.45, 2.75) is 45.3 Å². The molecule has 0 aromatic carbocycles. The first kappa shape index (κ1) is 15.2. The zero-order chi connectivity index (χ0) is 14.0. The van der Waals surface area contributed by atoms with Crippen molar-refractivity contribution in [2.24, 2.45) is 0 Å². The molecule has 1 unspecified atom stereocenters. The van der Waals surface area contributed by atoms with E-state index in [9.17, 15) is 13.2 Å². The van der Waals surface area contributed by atoms with Crippen LogP contribution in [0.15, 0.2) is 0 Å². The zero-order valence-corrected chi connectivity index (χ0v) is 12.2. The summed E-state index contributed by atoms with van der Waals surface area (Å²) in [6.45, 7) is 6.20. The van der Waals surface area contributed by atoms with Gasteiger partial charge >= 0.3 is 6.09 Å². The molecule has 1 heterocycles. The van der Waals surface area contributed by atoms with Gasteiger partial charge in [0.25, 0.3) is 0 Å². The first-order valence-corrected chi connectivity index (χ1v) is 7.87. The summed E-state index contributed by atoms with van der Waals surface area (Å²) in [6.07, 6.45) is 2.20. The van der Waals surface area contributed by atoms with Crippen LogP contribution in [0.4, 0.5) is 4.79 Å². The summed E-state index contributed by atoms with van der Waals surface area (Å²) < 4.78 is 29.4. The Bertz CT molecular complexity index is 400. The SMILES string of the molecule is CC(C)(C)OC(=O)NC1CCCN(S(C)(=O)=O)C1. The highest BCUT2D eigenvalue weighted by molar-refractivity contribution is 7.88. The molecule has 0 radical (unpaired) electrons. The molecule has 106 valence electrons. The Hall–Kier alpha value is -0.820. The molecule has 0 bridgehead atoms. The van der Waals surface area contributed by atoms with E-state index in [4.69, 9.17) is 4.74 Å². The number of alkyl carbamates (subject to hydrolysis) is 1. The summed E-state index contributed by atoms with van der Waals surface area (Å²) in [5.74, 6) is 0. The first-order valence-electron chi connectivity index (χ1n) is 6.02. The lowest BCUT2D eigenvalue weighted by Crippen LogP contribution is -2.50. The van der Waals surface area contributed by atoms with E-state index in [0.29, 0.717) is 13.1 Å². The number of ether oxygens (including phenoxy) is 1. The topological polar surface area (TPSA) is 75.7 Å². The molecular weight excluding hydrogens is 256 g/mol. The molecule has 7 heteroatoms. The van der Waals surface area contributed by atoms with Crippen LogP contribution in [0.3, 0.4) is 0 Å². The predicted octanol–water partition coefficient (Wildman–Crippen LogP) is 0.935. The fourth-order valence-electron chi connectivity index (χ4n) is 1.84. The van der Waals surface area contributed by atoms with Crippen LogP contribution < -0.4 is 5.32 Å². The van der Waals surface area contributed by atoms with Gasteiger partial charge in [0.1, 0.15) is 5.60 Å². The smallest absolute Gasteiger partial charge is 0.407 e. The lowest BCUT2D eigenvalue weighted by atomic mass is 10.1. The van der Waals surface area contributed by atoms with Gasteiger partial charge in [0.05, 0.1) is 6.26 Å². The van der Waals surface area contributed by atoms with Gasteiger partial charge in [0, 0.05) is 19.1 Å². The maximum atomic E-state index is 11.6. The third-order valence-corrected chi connectivity index (χ3v) is 3.84. The fourth-order valence-corrected chi connectivity index (χ4v) is 2.75. The monoisotopic (exact) mass is 278 g/mol. The van der Waals surface area contributed by atoms with Crippen LogP contribution in [0.5, 0.6) is 0 Å². The van der Waals surface area contributed by atoms with Crippen molar-refractivity contribution in [2.75, 3.05) is 19.3 Å². The minimum atomic E-state index is -3.19. The van der Waals surface area contributed by atoms with Crippen LogP contribution in [-0.4, -0.2) is 49.8 Å². The Morgan fingerprint density at radius 3 is 2.50 bits per heavy atom. The van der Waals surface area contributed by atoms with Crippen LogP contribution >= 0.6 is 0 Å². The van der Waals surface area contributed by atoms with E-state index in [2.05, 4.69) is 5.32 Å². The second-order valence-electron chi connectivity index (χ2n) is 5.61. The summed E-state index contributed by atoms with van der Waals surface area (Å²) in [4.78, 5) is 11.6. The van der Waals surface area contributed by atoms with E-state index < -0.39 is 21.7 Å². The number of amides is 1. The van der Waals surface area contributed by atoms with Crippen molar-refractivity contribution in [3.05, 3.63) is 0 Å². The van der Waals surface area contributed by atoms with Crippen LogP contribution in [-0.2, 0) is 14.8 Å². The average Bonchev–Trinajstić information content (AvgIpc) is 2.13. The molecule has 0 aliphatic carbocycles. The molecule has 1 aliphatic rings. The molecule has 0 aromatic rings. The number of piperidine rings is 1. The highest BCUT2D eigenvalue weighted by Crippen LogP contribution is 2.14. The highest BCUT2D eigenvalue weighted by Gasteiger charge is 2.28. The Balaban J connectivity index is 2.51. The van der Waals surface area contributed by atoms with Gasteiger partial charge in [-0.05, 0) is 33.6 Å². The minimum Gasteiger partial charge on any atom is -0.444 e. The molecular formula is C11H22N2O4S. The molecule has 1 rings (SSSR count). The van der Waals surface area contributed by atoms with Crippen LogP contribution in [0.25, 0.3) is 0 Å². The lowest BCUT2D eigenvalue weighted by Gasteiger charge is -2.31. The van der Waals surface area contributed by atoms with Gasteiger partial charge in [-0.3, -0.25) is 0 Å². The van der Waals surface area contributed by atoms with E-state index in [1.165, 1.54) is 10.6 Å². The third kappa shape index (κ3) is 5.22. The van der Waals surface area contributed by atoms with Crippen molar-refractivity contribution >= 4 is 16.1 Å². The lowest BCUT2D eigenvalue weighted by molar-refractivity contribution is 0.0487. The summed E-state index contributed by atoms with van der Waals surface area (Å²) in [6, 6.07) is -0.177. The van der Waals surface area contributed by atoms with E-state index in [0.717, 1.165) is 12.8 Å². The van der Waals surface area contributed by atoms with Gasteiger partial charge in [0.2, 0.25) is 10.0 Å². The molecule has 1 saturated heterocycles. The van der Waals surface area contributed by atoms with Crippen molar-refractivity contribution in [3.8, 4) is 0 Å². The molecule has 1 atom stereocenters. The molecule has 0 aromatic heterocycles. The fraction of sp³-hybridized carbons (Fsp3) is 0.909. The van der Waals surface area contributed by atoms with Gasteiger partial charge in [-0.1, -0.05) is 0 Å². The molecule has 18 heavy (non-hydrogen) atoms. The van der Waals surface area contributed by atoms with Crippen molar-refractivity contribution in [1.29, 1.82) is 0 Å². The molecule has 1 aliphatic heterocycles. The normalized spacial score (nSPS) is 22.6. The Morgan fingerprint density at radius 2 is 2.00 bits per heavy atom. The highest BCUT2D eigenvalue weighted by atomic mass is 32.2. The second kappa shape index (κ2) is 5.44. The van der Waals surface area contributed by atoms with Gasteiger partial charge < -0.3 is 10.1 Å². The number of hydrogen-bond acceptors (Lipinski definition) is 4. The number of carbonyl (C=O) groups is 1. The minimum absolute atomic E-state index is 0.177. The van der Waals surface area contributed by atoms with Gasteiger partial charge in [-0.15, -0.1) is 0 Å². The number of nitrogens with one attached hydrogen (secondary N) is 1. The van der Waals surface area contributed by atoms with Crippen molar-refractivity contribution in [3.63, 3.8) is 0 Å². The third-order valence-electron chi connectivity index (χ3n) is 2.57. The number of nitrogens with zero attached hydrogens (tertiary/aromatic N) is 1. The molecule has 0 spiro atoms. The number of rotatable bonds is 2. The quantitative estimate of drug-likeness (QED) is 0.815. The predicted molar refractivity (Wildman–Crippen MR) is 68.8 cm³/mol. The van der Waals surface area contributed by atoms with Gasteiger partial charge in [-0.2, -0.15) is 0 Å². The summed E-state index contributed by atoms with van der Waals surface area (Å²) in [7, 11) is -3.19. The Kier molecular flexibility index (Phi) is 4.61. The van der Waals surface area contributed by atoms with Gasteiger partial charge in [-0.25, -0.2) is 17.5 Å². The standard InChI is InChI=1S/C11H22N2O4S/c1-11(2,3)17-10(14)12-9-6-5-7-13(8-9)18(4,15)16/h9H,5-8H2,1-4H3,(H,12,14). The maximum Gasteiger partial charge on any atom is 0.407 e. The summed E-state index contributed by atoms with van der Waals surface area (Å²) in [5, 5.41) is 2.71. The Morgan fingerprint density at radius 1 is 1.39 bits per heavy atom. The number of sulfonamides is 1. The van der Waals surface area contributed by atoms with Crippen LogP contribution in [0.2, 0.25) is 0 Å². The summed E-state index contributed by atoms with van der Waals surface area (Å²) in [5.41, 5.74) is -0.546. The van der Waals surface area contributed by atoms with Crippen molar-refractivity contribution in [1.82, 2.24) is 9.62 Å². The Labute approximate surface area is 109 Å². The summed E-state index contributed by atoms with van der Waals surface area (Å²) >= 11 is 0. The molecule has 1 fully saturated rings. The molecule has 6 nitrogen and oxygen atoms in total. The molecule has 0 saturated carbocycles. The molecule has 1 N–H and O–H groups in total. The molecule has 1 amide bonds. The number of hydrogen-bond donors (Lipinski definition) is 1. The van der Waals surface area contributed by atoms with Crippen LogP contribution in [0, 0.1) is 0 Å². The van der Waals surface area contributed by atoms with E-state index in [1.807, 2.05) is 0 Å². The van der Waals surface area contributed by atoms with E-state index in [-0.39, 0.29) is 6.04 Å². The van der Waals surface area contributed by atoms with E-state index in [1.54, 1.807) is 20.8 Å². The first-order chi connectivity index (χ1) is 8.08. The number of carbonyl (C=O) groups excluding carboxylic acids is 1. The maximum absolute atomic E-state index is 11.6. The van der Waals surface area contributed by atoms with Crippen molar-refractivity contribution < 1.29 is 17.9 Å². The second-order valence-corrected chi connectivity index (χ2v) is 7.59. The van der Waals surface area contributed by atoms with E-state index >= 15 is 0 Å². The average molecular weight is 278 g/mol.